The molecule has 0 spiro atoms. The average Bonchev–Trinajstić information content (AvgIpc) is 3.64. The molecule has 8 heteroatoms. The van der Waals surface area contributed by atoms with Gasteiger partial charge in [-0.2, -0.15) is 5.10 Å². The Morgan fingerprint density at radius 2 is 1.82 bits per heavy atom. The van der Waals surface area contributed by atoms with Gasteiger partial charge in [-0.1, -0.05) is 51.5 Å². The smallest absolute Gasteiger partial charge is 0.321 e. The van der Waals surface area contributed by atoms with E-state index in [2.05, 4.69) is 53.5 Å². The summed E-state index contributed by atoms with van der Waals surface area (Å²) in [5, 5.41) is 15.1. The second-order valence-electron chi connectivity index (χ2n) is 13.2. The van der Waals surface area contributed by atoms with Crippen LogP contribution in [0, 0.1) is 17.7 Å². The molecule has 45 heavy (non-hydrogen) atoms. The van der Waals surface area contributed by atoms with Gasteiger partial charge in [-0.25, -0.2) is 4.39 Å². The number of nitrogens with zero attached hydrogens (tertiary/aromatic N) is 4. The predicted octanol–water partition coefficient (Wildman–Crippen LogP) is 6.82. The number of hydrogen-bond acceptors (Lipinski definition) is 5. The van der Waals surface area contributed by atoms with E-state index in [1.54, 1.807) is 12.1 Å². The van der Waals surface area contributed by atoms with Gasteiger partial charge in [0.2, 0.25) is 0 Å². The van der Waals surface area contributed by atoms with E-state index in [0.29, 0.717) is 12.5 Å². The molecule has 7 nitrogen and oxygen atoms in total. The van der Waals surface area contributed by atoms with Crippen molar-refractivity contribution < 1.29 is 19.0 Å². The lowest BCUT2D eigenvalue weighted by atomic mass is 9.87. The summed E-state index contributed by atoms with van der Waals surface area (Å²) >= 11 is 0. The van der Waals surface area contributed by atoms with E-state index in [1.165, 1.54) is 17.3 Å². The Morgan fingerprint density at radius 1 is 1.07 bits per heavy atom. The van der Waals surface area contributed by atoms with Crippen LogP contribution in [0.3, 0.4) is 0 Å². The van der Waals surface area contributed by atoms with Crippen LogP contribution in [0.4, 0.5) is 4.39 Å². The van der Waals surface area contributed by atoms with E-state index in [4.69, 9.17) is 9.84 Å². The molecule has 2 fully saturated rings. The number of aryl methyl sites for hydroxylation is 1. The molecule has 0 bridgehead atoms. The number of aromatic nitrogens is 2. The van der Waals surface area contributed by atoms with Gasteiger partial charge in [0.05, 0.1) is 12.3 Å². The zero-order valence-electron chi connectivity index (χ0n) is 27.5. The van der Waals surface area contributed by atoms with E-state index in [0.717, 1.165) is 88.4 Å². The molecular formula is C37H51FN4O3. The lowest BCUT2D eigenvalue weighted by molar-refractivity contribution is -0.145. The van der Waals surface area contributed by atoms with E-state index in [1.807, 2.05) is 25.1 Å². The Morgan fingerprint density at radius 3 is 2.47 bits per heavy atom. The minimum atomic E-state index is -0.756. The van der Waals surface area contributed by atoms with Gasteiger partial charge in [0.15, 0.2) is 0 Å². The standard InChI is InChI=1S/C37H51FN4O3/c1-5-19-45-33-13-11-27(12-14-33)20-32-22-35(42(7-3)39-32)28-15-17-40(18-16-28)23-30-24-41(36(37(43)44)26(4)6-2)25-34(30)29-9-8-10-31(38)21-29/h8-14,21-22,26,28,30,34,36H,5-7,15-20,23-25H2,1-4H3,(H,43,44)/t26-,30-,34+,36+/m0/s1. The maximum absolute atomic E-state index is 14.3. The number of benzene rings is 2. The number of rotatable bonds is 14. The van der Waals surface area contributed by atoms with Crippen LogP contribution in [-0.4, -0.2) is 76.0 Å². The molecule has 2 saturated heterocycles. The van der Waals surface area contributed by atoms with E-state index in [9.17, 15) is 14.3 Å². The molecule has 3 aromatic rings. The van der Waals surface area contributed by atoms with Gasteiger partial charge < -0.3 is 14.7 Å². The average molecular weight is 619 g/mol. The lowest BCUT2D eigenvalue weighted by Gasteiger charge is -2.35. The van der Waals surface area contributed by atoms with Gasteiger partial charge in [0, 0.05) is 50.1 Å². The van der Waals surface area contributed by atoms with Crippen molar-refractivity contribution in [3.63, 3.8) is 0 Å². The molecule has 2 aromatic carbocycles. The quantitative estimate of drug-likeness (QED) is 0.214. The summed E-state index contributed by atoms with van der Waals surface area (Å²) < 4.78 is 22.2. The molecule has 4 atom stereocenters. The first-order valence-electron chi connectivity index (χ1n) is 17.0. The first-order chi connectivity index (χ1) is 21.8. The number of carboxylic acid groups (broad SMARTS) is 1. The highest BCUT2D eigenvalue weighted by atomic mass is 19.1. The number of ether oxygens (including phenoxy) is 1. The molecule has 3 heterocycles. The third-order valence-electron chi connectivity index (χ3n) is 10.0. The Balaban J connectivity index is 1.23. The second kappa shape index (κ2) is 15.4. The van der Waals surface area contributed by atoms with Crippen molar-refractivity contribution >= 4 is 5.97 Å². The topological polar surface area (TPSA) is 70.8 Å². The molecule has 244 valence electrons. The highest BCUT2D eigenvalue weighted by Gasteiger charge is 2.42. The van der Waals surface area contributed by atoms with E-state index < -0.39 is 12.0 Å². The van der Waals surface area contributed by atoms with Crippen LogP contribution in [0.1, 0.15) is 87.7 Å². The second-order valence-corrected chi connectivity index (χ2v) is 13.2. The lowest BCUT2D eigenvalue weighted by Crippen LogP contribution is -2.45. The highest BCUT2D eigenvalue weighted by Crippen LogP contribution is 2.38. The molecule has 0 radical (unpaired) electrons. The summed E-state index contributed by atoms with van der Waals surface area (Å²) in [6.07, 6.45) is 4.76. The van der Waals surface area contributed by atoms with Gasteiger partial charge in [0.25, 0.3) is 0 Å². The molecular weight excluding hydrogens is 567 g/mol. The van der Waals surface area contributed by atoms with Crippen molar-refractivity contribution in [2.24, 2.45) is 11.8 Å². The number of carbonyl (C=O) groups is 1. The molecule has 0 unspecified atom stereocenters. The maximum atomic E-state index is 14.3. The van der Waals surface area contributed by atoms with Crippen molar-refractivity contribution in [3.05, 3.63) is 82.9 Å². The van der Waals surface area contributed by atoms with Gasteiger partial charge in [0.1, 0.15) is 17.6 Å². The fraction of sp³-hybridized carbons (Fsp3) is 0.568. The van der Waals surface area contributed by atoms with Crippen molar-refractivity contribution in [1.82, 2.24) is 19.6 Å². The fourth-order valence-corrected chi connectivity index (χ4v) is 7.45. The van der Waals surface area contributed by atoms with Crippen molar-refractivity contribution in [3.8, 4) is 5.75 Å². The highest BCUT2D eigenvalue weighted by molar-refractivity contribution is 5.74. The molecule has 1 aromatic heterocycles. The van der Waals surface area contributed by atoms with Crippen LogP contribution in [0.5, 0.6) is 5.75 Å². The largest absolute Gasteiger partial charge is 0.494 e. The zero-order valence-corrected chi connectivity index (χ0v) is 27.5. The van der Waals surface area contributed by atoms with Crippen LogP contribution < -0.4 is 4.74 Å². The van der Waals surface area contributed by atoms with Crippen molar-refractivity contribution in [1.29, 1.82) is 0 Å². The number of carboxylic acids is 1. The zero-order chi connectivity index (χ0) is 31.9. The summed E-state index contributed by atoms with van der Waals surface area (Å²) in [5.74, 6) is 0.810. The number of piperidine rings is 1. The maximum Gasteiger partial charge on any atom is 0.321 e. The number of hydrogen-bond donors (Lipinski definition) is 1. The van der Waals surface area contributed by atoms with Gasteiger partial charge in [-0.3, -0.25) is 14.4 Å². The minimum Gasteiger partial charge on any atom is -0.494 e. The Hall–Kier alpha value is -3.23. The van der Waals surface area contributed by atoms with E-state index >= 15 is 0 Å². The third-order valence-corrected chi connectivity index (χ3v) is 10.0. The Bertz CT molecular complexity index is 1380. The molecule has 2 aliphatic heterocycles. The number of likely N-dealkylation sites (tertiary alicyclic amines) is 2. The fourth-order valence-electron chi connectivity index (χ4n) is 7.45. The normalized spacial score (nSPS) is 21.2. The molecule has 0 aliphatic carbocycles. The SMILES string of the molecule is CCCOc1ccc(Cc2cc(C3CCN(C[C@H]4CN([C@@H](C(=O)O)[C@@H](C)CC)C[C@@H]4c4cccc(F)c4)CC3)n(CC)n2)cc1. The first-order valence-corrected chi connectivity index (χ1v) is 17.0. The van der Waals surface area contributed by atoms with E-state index in [-0.39, 0.29) is 23.6 Å². The van der Waals surface area contributed by atoms with Gasteiger partial charge in [-0.15, -0.1) is 0 Å². The van der Waals surface area contributed by atoms with Gasteiger partial charge in [-0.05, 0) is 92.6 Å². The van der Waals surface area contributed by atoms with Crippen LogP contribution in [0.2, 0.25) is 0 Å². The summed E-state index contributed by atoms with van der Waals surface area (Å²) in [4.78, 5) is 17.0. The number of aliphatic carboxylic acids is 1. The molecule has 5 rings (SSSR count). The van der Waals surface area contributed by atoms with Crippen LogP contribution in [-0.2, 0) is 17.8 Å². The van der Waals surface area contributed by atoms with Crippen molar-refractivity contribution in [2.45, 2.75) is 84.2 Å². The van der Waals surface area contributed by atoms with Gasteiger partial charge >= 0.3 is 5.97 Å². The minimum absolute atomic E-state index is 0.0534. The Labute approximate surface area is 268 Å². The summed E-state index contributed by atoms with van der Waals surface area (Å²) in [5.41, 5.74) is 4.65. The molecule has 0 saturated carbocycles. The molecule has 1 N–H and O–H groups in total. The first kappa shape index (κ1) is 33.1. The molecule has 0 amide bonds. The van der Waals surface area contributed by atoms with Crippen molar-refractivity contribution in [2.75, 3.05) is 39.3 Å². The van der Waals surface area contributed by atoms with Crippen LogP contribution >= 0.6 is 0 Å². The predicted molar refractivity (Wildman–Crippen MR) is 176 cm³/mol. The molecule has 2 aliphatic rings. The summed E-state index contributed by atoms with van der Waals surface area (Å²) in [6.45, 7) is 14.2. The third kappa shape index (κ3) is 8.14. The monoisotopic (exact) mass is 618 g/mol. The number of halogens is 1. The van der Waals surface area contributed by atoms with Crippen LogP contribution in [0.15, 0.2) is 54.6 Å². The van der Waals surface area contributed by atoms with Crippen LogP contribution in [0.25, 0.3) is 0 Å². The summed E-state index contributed by atoms with van der Waals surface area (Å²) in [7, 11) is 0. The Kier molecular flexibility index (Phi) is 11.3. The summed E-state index contributed by atoms with van der Waals surface area (Å²) in [6, 6.07) is 17.1.